The molecule has 0 aliphatic carbocycles. The average Bonchev–Trinajstić information content (AvgIpc) is 2.38. The molecule has 0 aliphatic rings. The monoisotopic (exact) mass is 252 g/mol. The molecule has 0 radical (unpaired) electrons. The number of aliphatic hydroxyl groups is 1. The van der Waals surface area contributed by atoms with Gasteiger partial charge in [0.05, 0.1) is 6.61 Å². The van der Waals surface area contributed by atoms with Crippen molar-refractivity contribution >= 4 is 11.8 Å². The highest BCUT2D eigenvalue weighted by Crippen LogP contribution is 2.09. The molecule has 0 aromatic heterocycles. The van der Waals surface area contributed by atoms with Gasteiger partial charge in [-0.05, 0) is 24.1 Å². The van der Waals surface area contributed by atoms with E-state index in [2.05, 4.69) is 10.6 Å². The van der Waals surface area contributed by atoms with Gasteiger partial charge in [0.2, 0.25) is 0 Å². The Hall–Kier alpha value is -2.08. The van der Waals surface area contributed by atoms with Gasteiger partial charge in [-0.3, -0.25) is 9.59 Å². The van der Waals surface area contributed by atoms with Gasteiger partial charge < -0.3 is 20.8 Å². The zero-order valence-electron chi connectivity index (χ0n) is 9.85. The van der Waals surface area contributed by atoms with Gasteiger partial charge in [-0.2, -0.15) is 0 Å². The van der Waals surface area contributed by atoms with Crippen LogP contribution in [0.2, 0.25) is 0 Å². The molecule has 0 spiro atoms. The standard InChI is InChI=1S/C12H16N2O4/c15-8-7-14-12(18)11(17)13-6-5-9-1-3-10(16)4-2-9/h1-4,15-16H,5-8H2,(H,13,17)(H,14,18). The minimum atomic E-state index is -0.755. The van der Waals surface area contributed by atoms with Crippen molar-refractivity contribution in [2.75, 3.05) is 19.7 Å². The van der Waals surface area contributed by atoms with Crippen molar-refractivity contribution in [1.29, 1.82) is 0 Å². The van der Waals surface area contributed by atoms with Gasteiger partial charge in [-0.15, -0.1) is 0 Å². The Morgan fingerprint density at radius 1 is 1.00 bits per heavy atom. The van der Waals surface area contributed by atoms with E-state index >= 15 is 0 Å². The lowest BCUT2D eigenvalue weighted by Crippen LogP contribution is -2.41. The van der Waals surface area contributed by atoms with Crippen LogP contribution in [0.5, 0.6) is 5.75 Å². The van der Waals surface area contributed by atoms with Crippen molar-refractivity contribution in [2.45, 2.75) is 6.42 Å². The van der Waals surface area contributed by atoms with Gasteiger partial charge >= 0.3 is 11.8 Å². The summed E-state index contributed by atoms with van der Waals surface area (Å²) in [5.74, 6) is -1.29. The number of aromatic hydroxyl groups is 1. The number of nitrogens with one attached hydrogen (secondary N) is 2. The summed E-state index contributed by atoms with van der Waals surface area (Å²) >= 11 is 0. The topological polar surface area (TPSA) is 98.7 Å². The lowest BCUT2D eigenvalue weighted by atomic mass is 10.1. The number of amides is 2. The first-order valence-corrected chi connectivity index (χ1v) is 5.58. The number of hydrogen-bond acceptors (Lipinski definition) is 4. The maximum absolute atomic E-state index is 11.2. The van der Waals surface area contributed by atoms with E-state index in [9.17, 15) is 9.59 Å². The van der Waals surface area contributed by atoms with Crippen molar-refractivity contribution in [1.82, 2.24) is 10.6 Å². The Labute approximate surface area is 105 Å². The number of phenolic OH excluding ortho intramolecular Hbond substituents is 1. The fraction of sp³-hybridized carbons (Fsp3) is 0.333. The van der Waals surface area contributed by atoms with Gasteiger partial charge in [-0.1, -0.05) is 12.1 Å². The third-order valence-electron chi connectivity index (χ3n) is 2.24. The first kappa shape index (κ1) is 14.0. The van der Waals surface area contributed by atoms with Crippen LogP contribution in [0.15, 0.2) is 24.3 Å². The molecule has 1 rings (SSSR count). The lowest BCUT2D eigenvalue weighted by Gasteiger charge is -2.05. The molecule has 1 aromatic carbocycles. The summed E-state index contributed by atoms with van der Waals surface area (Å²) in [6.07, 6.45) is 0.569. The number of hydrogen-bond donors (Lipinski definition) is 4. The Morgan fingerprint density at radius 2 is 1.56 bits per heavy atom. The van der Waals surface area contributed by atoms with E-state index in [1.54, 1.807) is 24.3 Å². The number of benzene rings is 1. The van der Waals surface area contributed by atoms with E-state index < -0.39 is 11.8 Å². The van der Waals surface area contributed by atoms with Crippen LogP contribution in [0.1, 0.15) is 5.56 Å². The average molecular weight is 252 g/mol. The van der Waals surface area contributed by atoms with Gasteiger partial charge in [-0.25, -0.2) is 0 Å². The lowest BCUT2D eigenvalue weighted by molar-refractivity contribution is -0.139. The second-order valence-corrected chi connectivity index (χ2v) is 3.65. The fourth-order valence-corrected chi connectivity index (χ4v) is 1.31. The van der Waals surface area contributed by atoms with Crippen molar-refractivity contribution in [3.05, 3.63) is 29.8 Å². The summed E-state index contributed by atoms with van der Waals surface area (Å²) in [5, 5.41) is 22.3. The molecule has 0 aliphatic heterocycles. The first-order chi connectivity index (χ1) is 8.63. The Balaban J connectivity index is 2.27. The molecule has 0 unspecified atom stereocenters. The van der Waals surface area contributed by atoms with Gasteiger partial charge in [0.25, 0.3) is 0 Å². The molecule has 0 atom stereocenters. The molecule has 0 saturated heterocycles. The van der Waals surface area contributed by atoms with Crippen LogP contribution in [0.3, 0.4) is 0 Å². The van der Waals surface area contributed by atoms with E-state index in [1.807, 2.05) is 0 Å². The van der Waals surface area contributed by atoms with Gasteiger partial charge in [0.15, 0.2) is 0 Å². The van der Waals surface area contributed by atoms with Crippen LogP contribution in [0.25, 0.3) is 0 Å². The molecule has 0 saturated carbocycles. The molecule has 4 N–H and O–H groups in total. The predicted molar refractivity (Wildman–Crippen MR) is 64.9 cm³/mol. The number of rotatable bonds is 5. The Morgan fingerprint density at radius 3 is 2.11 bits per heavy atom. The molecule has 6 nitrogen and oxygen atoms in total. The van der Waals surface area contributed by atoms with Crippen molar-refractivity contribution in [3.8, 4) is 5.75 Å². The first-order valence-electron chi connectivity index (χ1n) is 5.58. The van der Waals surface area contributed by atoms with E-state index in [0.29, 0.717) is 13.0 Å². The molecule has 0 fully saturated rings. The summed E-state index contributed by atoms with van der Waals surface area (Å²) in [6, 6.07) is 6.61. The van der Waals surface area contributed by atoms with Crippen molar-refractivity contribution in [2.24, 2.45) is 0 Å². The zero-order valence-corrected chi connectivity index (χ0v) is 9.85. The Bertz CT molecular complexity index is 403. The largest absolute Gasteiger partial charge is 0.508 e. The number of carbonyl (C=O) groups excluding carboxylic acids is 2. The van der Waals surface area contributed by atoms with E-state index in [0.717, 1.165) is 5.56 Å². The minimum Gasteiger partial charge on any atom is -0.508 e. The smallest absolute Gasteiger partial charge is 0.309 e. The van der Waals surface area contributed by atoms with E-state index in [-0.39, 0.29) is 18.9 Å². The predicted octanol–water partition coefficient (Wildman–Crippen LogP) is -0.841. The molecule has 0 heterocycles. The van der Waals surface area contributed by atoms with Crippen LogP contribution in [0.4, 0.5) is 0 Å². The Kier molecular flexibility index (Phi) is 5.66. The molecular weight excluding hydrogens is 236 g/mol. The molecule has 18 heavy (non-hydrogen) atoms. The molecule has 0 bridgehead atoms. The number of carbonyl (C=O) groups is 2. The van der Waals surface area contributed by atoms with Crippen molar-refractivity contribution in [3.63, 3.8) is 0 Å². The van der Waals surface area contributed by atoms with Crippen LogP contribution < -0.4 is 10.6 Å². The van der Waals surface area contributed by atoms with Crippen molar-refractivity contribution < 1.29 is 19.8 Å². The third kappa shape index (κ3) is 4.84. The molecule has 98 valence electrons. The summed E-state index contributed by atoms with van der Waals surface area (Å²) in [7, 11) is 0. The summed E-state index contributed by atoms with van der Waals surface area (Å²) in [6.45, 7) is 0.187. The SMILES string of the molecule is O=C(NCCO)C(=O)NCCc1ccc(O)cc1. The molecule has 6 heteroatoms. The summed E-state index contributed by atoms with van der Waals surface area (Å²) in [4.78, 5) is 22.4. The third-order valence-corrected chi connectivity index (χ3v) is 2.24. The fourth-order valence-electron chi connectivity index (χ4n) is 1.31. The van der Waals surface area contributed by atoms with Crippen LogP contribution in [0, 0.1) is 0 Å². The van der Waals surface area contributed by atoms with Crippen LogP contribution in [-0.2, 0) is 16.0 Å². The second-order valence-electron chi connectivity index (χ2n) is 3.65. The summed E-state index contributed by atoms with van der Waals surface area (Å²) < 4.78 is 0. The molecule has 1 aromatic rings. The second kappa shape index (κ2) is 7.29. The van der Waals surface area contributed by atoms with E-state index in [4.69, 9.17) is 10.2 Å². The van der Waals surface area contributed by atoms with Crippen LogP contribution in [-0.4, -0.2) is 41.7 Å². The van der Waals surface area contributed by atoms with Gasteiger partial charge in [0.1, 0.15) is 5.75 Å². The quantitative estimate of drug-likeness (QED) is 0.513. The zero-order chi connectivity index (χ0) is 13.4. The minimum absolute atomic E-state index is 0.0597. The van der Waals surface area contributed by atoms with Gasteiger partial charge in [0, 0.05) is 13.1 Å². The highest BCUT2D eigenvalue weighted by atomic mass is 16.3. The molecule has 2 amide bonds. The highest BCUT2D eigenvalue weighted by Gasteiger charge is 2.11. The van der Waals surface area contributed by atoms with E-state index in [1.165, 1.54) is 0 Å². The maximum Gasteiger partial charge on any atom is 0.309 e. The summed E-state index contributed by atoms with van der Waals surface area (Å²) in [5.41, 5.74) is 0.948. The number of aliphatic hydroxyl groups excluding tert-OH is 1. The number of phenols is 1. The normalized spacial score (nSPS) is 9.83. The molecular formula is C12H16N2O4. The van der Waals surface area contributed by atoms with Crippen LogP contribution >= 0.6 is 0 Å². The maximum atomic E-state index is 11.2. The highest BCUT2D eigenvalue weighted by molar-refractivity contribution is 6.35.